The first-order valence-electron chi connectivity index (χ1n) is 19.4. The molecule has 0 saturated carbocycles. The highest BCUT2D eigenvalue weighted by Gasteiger charge is 2.40. The van der Waals surface area contributed by atoms with Crippen molar-refractivity contribution in [2.45, 2.75) is 225 Å². The molecule has 0 aliphatic rings. The van der Waals surface area contributed by atoms with Crippen molar-refractivity contribution in [3.8, 4) is 0 Å². The van der Waals surface area contributed by atoms with Gasteiger partial charge < -0.3 is 4.74 Å². The molecule has 262 valence electrons. The second-order valence-corrected chi connectivity index (χ2v) is 13.4. The fraction of sp³-hybridized carbons (Fsp3) is 0.923. The molecule has 0 bridgehead atoms. The molecule has 0 heterocycles. The van der Waals surface area contributed by atoms with Gasteiger partial charge in [-0.2, -0.15) is 0 Å². The number of ether oxygens (including phenoxy) is 1. The Hall–Kier alpha value is -0.910. The minimum Gasteiger partial charge on any atom is -0.363 e. The summed E-state index contributed by atoms with van der Waals surface area (Å²) in [6.45, 7) is 8.90. The molecule has 1 N–H and O–H groups in total. The second kappa shape index (κ2) is 35.0. The molecule has 1 unspecified atom stereocenters. The minimum atomic E-state index is -1.13. The molecule has 0 saturated heterocycles. The molecule has 0 aromatic rings. The van der Waals surface area contributed by atoms with Crippen LogP contribution in [0.3, 0.4) is 0 Å². The third-order valence-electron chi connectivity index (χ3n) is 9.27. The van der Waals surface area contributed by atoms with Gasteiger partial charge >= 0.3 is 5.97 Å². The lowest BCUT2D eigenvalue weighted by atomic mass is 9.91. The van der Waals surface area contributed by atoms with Crippen LogP contribution in [0.25, 0.3) is 0 Å². The van der Waals surface area contributed by atoms with Gasteiger partial charge in [-0.25, -0.2) is 10.1 Å². The molecule has 0 radical (unpaired) electrons. The van der Waals surface area contributed by atoms with Gasteiger partial charge in [0.1, 0.15) is 0 Å². The van der Waals surface area contributed by atoms with Crippen LogP contribution in [0.1, 0.15) is 219 Å². The van der Waals surface area contributed by atoms with Gasteiger partial charge in [0.15, 0.2) is 5.60 Å². The molecular formula is C39H76O5. The highest BCUT2D eigenvalue weighted by atomic mass is 17.5. The molecule has 1 atom stereocenters. The molecule has 5 heteroatoms. The van der Waals surface area contributed by atoms with Crippen molar-refractivity contribution in [2.75, 3.05) is 6.61 Å². The molecule has 44 heavy (non-hydrogen) atoms. The van der Waals surface area contributed by atoms with E-state index < -0.39 is 11.6 Å². The highest BCUT2D eigenvalue weighted by molar-refractivity contribution is 5.79. The van der Waals surface area contributed by atoms with E-state index in [-0.39, 0.29) is 0 Å². The Labute approximate surface area is 274 Å². The van der Waals surface area contributed by atoms with Crippen molar-refractivity contribution in [1.82, 2.24) is 0 Å². The lowest BCUT2D eigenvalue weighted by molar-refractivity contribution is -0.466. The van der Waals surface area contributed by atoms with Crippen LogP contribution in [0, 0.1) is 0 Å². The van der Waals surface area contributed by atoms with Crippen LogP contribution >= 0.6 is 0 Å². The Morgan fingerprint density at radius 3 is 1.18 bits per heavy atom. The highest BCUT2D eigenvalue weighted by Crippen LogP contribution is 2.28. The van der Waals surface area contributed by atoms with Crippen molar-refractivity contribution in [2.24, 2.45) is 0 Å². The summed E-state index contributed by atoms with van der Waals surface area (Å²) in [6.07, 6.45) is 41.8. The topological polar surface area (TPSA) is 65.0 Å². The van der Waals surface area contributed by atoms with E-state index in [0.717, 1.165) is 25.7 Å². The number of unbranched alkanes of at least 4 members (excludes halogenated alkanes) is 28. The maximum atomic E-state index is 12.7. The predicted octanol–water partition coefficient (Wildman–Crippen LogP) is 13.4. The standard InChI is InChI=1S/C39H76O5/c1-4-7-9-11-13-15-17-19-21-22-24-26-28-30-32-34-37-42-39(35-6-3,38(40)43-44-41)36-33-31-29-27-25-23-20-18-16-14-12-10-8-5-2/h6,41H,3-5,7-37H2,1-2H3. The van der Waals surface area contributed by atoms with E-state index >= 15 is 0 Å². The molecule has 0 rings (SSSR count). The van der Waals surface area contributed by atoms with Gasteiger partial charge in [-0.05, 0) is 24.3 Å². The van der Waals surface area contributed by atoms with E-state index in [1.807, 2.05) is 0 Å². The summed E-state index contributed by atoms with van der Waals surface area (Å²) in [4.78, 5) is 17.3. The van der Waals surface area contributed by atoms with E-state index in [0.29, 0.717) is 19.4 Å². The van der Waals surface area contributed by atoms with Crippen LogP contribution in [-0.2, 0) is 19.5 Å². The quantitative estimate of drug-likeness (QED) is 0.0322. The number of hydrogen-bond acceptors (Lipinski definition) is 5. The fourth-order valence-corrected chi connectivity index (χ4v) is 6.34. The third-order valence-corrected chi connectivity index (χ3v) is 9.27. The molecule has 0 aromatic carbocycles. The number of rotatable bonds is 37. The van der Waals surface area contributed by atoms with Gasteiger partial charge in [-0.3, -0.25) is 4.89 Å². The summed E-state index contributed by atoms with van der Waals surface area (Å²) in [5, 5.41) is 12.5. The summed E-state index contributed by atoms with van der Waals surface area (Å²) in [5.74, 6) is -0.661. The SMILES string of the molecule is C=CCC(CCCCCCCCCCCCCCCC)(OCCCCCCCCCCCCCCCCCC)C(=O)OOO. The van der Waals surface area contributed by atoms with Gasteiger partial charge in [-0.1, -0.05) is 200 Å². The van der Waals surface area contributed by atoms with E-state index in [9.17, 15) is 4.79 Å². The van der Waals surface area contributed by atoms with Crippen LogP contribution < -0.4 is 0 Å². The predicted molar refractivity (Wildman–Crippen MR) is 188 cm³/mol. The van der Waals surface area contributed by atoms with Crippen molar-refractivity contribution in [3.63, 3.8) is 0 Å². The zero-order valence-corrected chi connectivity index (χ0v) is 29.7. The molecular weight excluding hydrogens is 548 g/mol. The Balaban J connectivity index is 3.97. The first-order valence-corrected chi connectivity index (χ1v) is 19.4. The van der Waals surface area contributed by atoms with Crippen LogP contribution in [0.2, 0.25) is 0 Å². The van der Waals surface area contributed by atoms with E-state index in [2.05, 4.69) is 30.4 Å². The fourth-order valence-electron chi connectivity index (χ4n) is 6.34. The van der Waals surface area contributed by atoms with E-state index in [1.165, 1.54) is 167 Å². The summed E-state index contributed by atoms with van der Waals surface area (Å²) in [6, 6.07) is 0. The summed E-state index contributed by atoms with van der Waals surface area (Å²) in [5.41, 5.74) is -1.13. The largest absolute Gasteiger partial charge is 0.377 e. The molecule has 0 amide bonds. The summed E-state index contributed by atoms with van der Waals surface area (Å²) >= 11 is 0. The smallest absolute Gasteiger partial charge is 0.363 e. The molecule has 0 aliphatic carbocycles. The molecule has 5 nitrogen and oxygen atoms in total. The normalized spacial score (nSPS) is 12.8. The zero-order valence-electron chi connectivity index (χ0n) is 29.7. The first kappa shape index (κ1) is 43.1. The van der Waals surface area contributed by atoms with Crippen LogP contribution in [0.5, 0.6) is 0 Å². The zero-order chi connectivity index (χ0) is 32.2. The number of hydrogen-bond donors (Lipinski definition) is 1. The third kappa shape index (κ3) is 27.4. The minimum absolute atomic E-state index is 0.354. The maximum Gasteiger partial charge on any atom is 0.377 e. The van der Waals surface area contributed by atoms with Gasteiger partial charge in [-0.15, -0.1) is 6.58 Å². The van der Waals surface area contributed by atoms with Crippen molar-refractivity contribution < 1.29 is 24.7 Å². The van der Waals surface area contributed by atoms with Crippen LogP contribution in [0.4, 0.5) is 0 Å². The summed E-state index contributed by atoms with van der Waals surface area (Å²) < 4.78 is 6.18. The molecule has 0 spiro atoms. The number of carbonyl (C=O) groups is 1. The Bertz CT molecular complexity index is 595. The monoisotopic (exact) mass is 625 g/mol. The van der Waals surface area contributed by atoms with Gasteiger partial charge in [0.05, 0.1) is 0 Å². The van der Waals surface area contributed by atoms with Crippen molar-refractivity contribution in [1.29, 1.82) is 0 Å². The van der Waals surface area contributed by atoms with Crippen LogP contribution in [0.15, 0.2) is 12.7 Å². The van der Waals surface area contributed by atoms with E-state index in [1.54, 1.807) is 6.08 Å². The van der Waals surface area contributed by atoms with Crippen LogP contribution in [-0.4, -0.2) is 23.4 Å². The van der Waals surface area contributed by atoms with Gasteiger partial charge in [0.25, 0.3) is 0 Å². The number of carbonyl (C=O) groups excluding carboxylic acids is 1. The summed E-state index contributed by atoms with van der Waals surface area (Å²) in [7, 11) is 0. The second-order valence-electron chi connectivity index (χ2n) is 13.4. The average molecular weight is 625 g/mol. The Morgan fingerprint density at radius 1 is 0.545 bits per heavy atom. The lowest BCUT2D eigenvalue weighted by Crippen LogP contribution is -2.43. The van der Waals surface area contributed by atoms with Gasteiger partial charge in [0.2, 0.25) is 0 Å². The van der Waals surface area contributed by atoms with Crippen molar-refractivity contribution in [3.05, 3.63) is 12.7 Å². The van der Waals surface area contributed by atoms with Crippen molar-refractivity contribution >= 4 is 5.97 Å². The van der Waals surface area contributed by atoms with E-state index in [4.69, 9.17) is 9.99 Å². The lowest BCUT2D eigenvalue weighted by Gasteiger charge is -2.29. The molecule has 0 aliphatic heterocycles. The maximum absolute atomic E-state index is 12.7. The Kier molecular flexibility index (Phi) is 34.2. The molecule has 0 aromatic heterocycles. The Morgan fingerprint density at radius 2 is 0.864 bits per heavy atom. The first-order chi connectivity index (χ1) is 21.7. The average Bonchev–Trinajstić information content (AvgIpc) is 3.02. The molecule has 0 fully saturated rings. The van der Waals surface area contributed by atoms with Gasteiger partial charge in [0, 0.05) is 13.0 Å².